The second-order valence-electron chi connectivity index (χ2n) is 9.77. The lowest BCUT2D eigenvalue weighted by atomic mass is 9.74. The molecule has 2 aromatic rings. The first kappa shape index (κ1) is 22.6. The molecule has 0 radical (unpaired) electrons. The van der Waals surface area contributed by atoms with Gasteiger partial charge in [-0.15, -0.1) is 0 Å². The third-order valence-corrected chi connectivity index (χ3v) is 6.33. The van der Waals surface area contributed by atoms with Crippen LogP contribution in [0.4, 0.5) is 0 Å². The van der Waals surface area contributed by atoms with Crippen LogP contribution in [-0.4, -0.2) is 41.2 Å². The Bertz CT molecular complexity index is 991. The number of fused-ring (bicyclic) bond motifs is 2. The number of hydrogen-bond donors (Lipinski definition) is 3. The number of hydroxylamine groups is 1. The van der Waals surface area contributed by atoms with Crippen LogP contribution in [0.1, 0.15) is 60.7 Å². The summed E-state index contributed by atoms with van der Waals surface area (Å²) >= 11 is 0. The number of carbonyl (C=O) groups is 1. The van der Waals surface area contributed by atoms with Crippen LogP contribution in [0.5, 0.6) is 11.5 Å². The van der Waals surface area contributed by atoms with E-state index in [-0.39, 0.29) is 22.7 Å². The maximum absolute atomic E-state index is 13.2. The predicted octanol–water partition coefficient (Wildman–Crippen LogP) is 3.24. The highest BCUT2D eigenvalue weighted by Gasteiger charge is 2.44. The molecule has 0 bridgehead atoms. The highest BCUT2D eigenvalue weighted by atomic mass is 16.7. The molecule has 1 fully saturated rings. The quantitative estimate of drug-likeness (QED) is 0.619. The molecule has 0 aromatic heterocycles. The molecule has 172 valence electrons. The van der Waals surface area contributed by atoms with E-state index in [1.807, 2.05) is 37.8 Å². The Morgan fingerprint density at radius 2 is 1.97 bits per heavy atom. The van der Waals surface area contributed by atoms with Crippen LogP contribution in [0.2, 0.25) is 0 Å². The Labute approximate surface area is 189 Å². The topological polar surface area (TPSA) is 97.0 Å². The Kier molecular flexibility index (Phi) is 6.16. The molecule has 4 rings (SSSR count). The van der Waals surface area contributed by atoms with Gasteiger partial charge >= 0.3 is 0 Å². The summed E-state index contributed by atoms with van der Waals surface area (Å²) in [6, 6.07) is 11.2. The van der Waals surface area contributed by atoms with E-state index in [2.05, 4.69) is 11.5 Å². The second kappa shape index (κ2) is 8.73. The van der Waals surface area contributed by atoms with E-state index in [1.54, 1.807) is 18.2 Å². The van der Waals surface area contributed by atoms with Gasteiger partial charge in [0.05, 0.1) is 12.2 Å². The summed E-state index contributed by atoms with van der Waals surface area (Å²) in [4.78, 5) is 20.6. The molecule has 0 atom stereocenters. The minimum atomic E-state index is -0.347. The molecule has 2 aromatic carbocycles. The molecule has 32 heavy (non-hydrogen) atoms. The first-order valence-electron chi connectivity index (χ1n) is 11.2. The largest absolute Gasteiger partial charge is 0.508 e. The van der Waals surface area contributed by atoms with Gasteiger partial charge in [-0.3, -0.25) is 9.63 Å². The highest BCUT2D eigenvalue weighted by Crippen LogP contribution is 2.46. The molecule has 0 unspecified atom stereocenters. The van der Waals surface area contributed by atoms with Gasteiger partial charge in [0.2, 0.25) is 0 Å². The van der Waals surface area contributed by atoms with Crippen molar-refractivity contribution in [3.63, 3.8) is 0 Å². The molecule has 0 saturated carbocycles. The first-order valence-corrected chi connectivity index (χ1v) is 11.2. The molecule has 1 amide bonds. The normalized spacial score (nSPS) is 17.3. The summed E-state index contributed by atoms with van der Waals surface area (Å²) in [5.74, 6) is 1.06. The minimum Gasteiger partial charge on any atom is -0.508 e. The van der Waals surface area contributed by atoms with Crippen molar-refractivity contribution in [2.75, 3.05) is 19.7 Å². The lowest BCUT2D eigenvalue weighted by Crippen LogP contribution is -2.46. The van der Waals surface area contributed by atoms with E-state index >= 15 is 0 Å². The fourth-order valence-electron chi connectivity index (χ4n) is 4.46. The van der Waals surface area contributed by atoms with E-state index in [0.717, 1.165) is 24.2 Å². The van der Waals surface area contributed by atoms with E-state index in [0.29, 0.717) is 43.9 Å². The van der Waals surface area contributed by atoms with E-state index in [9.17, 15) is 9.90 Å². The molecular weight excluding hydrogens is 406 g/mol. The maximum atomic E-state index is 13.2. The Morgan fingerprint density at radius 3 is 2.66 bits per heavy atom. The summed E-state index contributed by atoms with van der Waals surface area (Å²) in [5.41, 5.74) is 11.8. The Balaban J connectivity index is 1.43. The number of ether oxygens (including phenoxy) is 1. The zero-order chi connectivity index (χ0) is 22.9. The van der Waals surface area contributed by atoms with E-state index < -0.39 is 0 Å². The van der Waals surface area contributed by atoms with Gasteiger partial charge in [0.15, 0.2) is 0 Å². The number of aromatic hydroxyl groups is 1. The first-order chi connectivity index (χ1) is 15.2. The molecule has 0 aliphatic carbocycles. The van der Waals surface area contributed by atoms with Crippen LogP contribution < -0.4 is 16.0 Å². The summed E-state index contributed by atoms with van der Waals surface area (Å²) in [6.45, 7) is 8.61. The molecule has 4 N–H and O–H groups in total. The number of benzene rings is 2. The number of hydrogen-bond acceptors (Lipinski definition) is 6. The van der Waals surface area contributed by atoms with Crippen molar-refractivity contribution in [2.24, 2.45) is 5.73 Å². The summed E-state index contributed by atoms with van der Waals surface area (Å²) < 4.78 is 5.97. The number of nitrogens with one attached hydrogen (secondary N) is 1. The minimum absolute atomic E-state index is 0.0207. The smallest absolute Gasteiger partial charge is 0.253 e. The van der Waals surface area contributed by atoms with Crippen molar-refractivity contribution in [1.29, 1.82) is 0 Å². The van der Waals surface area contributed by atoms with Gasteiger partial charge in [0.25, 0.3) is 5.91 Å². The Hall–Kier alpha value is -2.61. The monoisotopic (exact) mass is 439 g/mol. The van der Waals surface area contributed by atoms with Gasteiger partial charge in [0.1, 0.15) is 11.5 Å². The number of nitrogens with two attached hydrogens (primary N) is 1. The Morgan fingerprint density at radius 1 is 1.22 bits per heavy atom. The number of likely N-dealkylation sites (tertiary alicyclic amines) is 1. The second-order valence-corrected chi connectivity index (χ2v) is 9.77. The number of piperidine rings is 1. The highest BCUT2D eigenvalue weighted by molar-refractivity contribution is 5.94. The van der Waals surface area contributed by atoms with Crippen molar-refractivity contribution in [3.8, 4) is 11.5 Å². The predicted molar refractivity (Wildman–Crippen MR) is 122 cm³/mol. The van der Waals surface area contributed by atoms with Gasteiger partial charge in [-0.2, -0.15) is 5.48 Å². The van der Waals surface area contributed by atoms with Crippen LogP contribution >= 0.6 is 0 Å². The van der Waals surface area contributed by atoms with Gasteiger partial charge in [0, 0.05) is 48.3 Å². The lowest BCUT2D eigenvalue weighted by Gasteiger charge is -2.38. The zero-order valence-electron chi connectivity index (χ0n) is 19.1. The molecule has 2 aliphatic heterocycles. The zero-order valence-corrected chi connectivity index (χ0v) is 19.1. The molecule has 2 aliphatic rings. The third-order valence-electron chi connectivity index (χ3n) is 6.33. The fourth-order valence-corrected chi connectivity index (χ4v) is 4.46. The third kappa shape index (κ3) is 4.60. The number of carbonyl (C=O) groups excluding carboxylic acids is 1. The fraction of sp³-hybridized carbons (Fsp3) is 0.480. The van der Waals surface area contributed by atoms with Gasteiger partial charge in [-0.1, -0.05) is 12.1 Å². The van der Waals surface area contributed by atoms with Crippen LogP contribution in [0.25, 0.3) is 0 Å². The molecular formula is C25H33N3O4. The number of phenols is 1. The van der Waals surface area contributed by atoms with Gasteiger partial charge in [-0.25, -0.2) is 0 Å². The van der Waals surface area contributed by atoms with Crippen LogP contribution in [-0.2, 0) is 23.3 Å². The summed E-state index contributed by atoms with van der Waals surface area (Å²) in [6.07, 6.45) is 1.71. The average molecular weight is 440 g/mol. The number of amides is 1. The van der Waals surface area contributed by atoms with Crippen LogP contribution in [0, 0.1) is 0 Å². The van der Waals surface area contributed by atoms with E-state index in [1.165, 1.54) is 5.56 Å². The molecule has 2 heterocycles. The number of rotatable bonds is 5. The van der Waals surface area contributed by atoms with E-state index in [4.69, 9.17) is 15.3 Å². The summed E-state index contributed by atoms with van der Waals surface area (Å²) in [5, 5.41) is 10.2. The average Bonchev–Trinajstić information content (AvgIpc) is 3.11. The lowest BCUT2D eigenvalue weighted by molar-refractivity contribution is -0.0759. The van der Waals surface area contributed by atoms with Crippen molar-refractivity contribution in [2.45, 2.75) is 57.7 Å². The SMILES string of the molecule is CC(C)(C)ONCc1cc(C(=O)N2CCC3(CC2)COc2ccc(CN)cc23)ccc1O. The molecule has 7 nitrogen and oxygen atoms in total. The molecule has 1 saturated heterocycles. The number of nitrogens with zero attached hydrogens (tertiary/aromatic N) is 1. The van der Waals surface area contributed by atoms with Crippen molar-refractivity contribution < 1.29 is 19.5 Å². The van der Waals surface area contributed by atoms with Crippen molar-refractivity contribution >= 4 is 5.91 Å². The van der Waals surface area contributed by atoms with Gasteiger partial charge < -0.3 is 20.5 Å². The molecule has 1 spiro atoms. The van der Waals surface area contributed by atoms with Gasteiger partial charge in [-0.05, 0) is 63.4 Å². The maximum Gasteiger partial charge on any atom is 0.253 e. The standard InChI is InChI=1S/C25H33N3O4/c1-24(2,3)32-27-15-19-13-18(5-6-21(19)29)23(30)28-10-8-25(9-11-28)16-31-22-7-4-17(14-26)12-20(22)25/h4-7,12-13,27,29H,8-11,14-16,26H2,1-3H3. The molecule has 7 heteroatoms. The summed E-state index contributed by atoms with van der Waals surface area (Å²) in [7, 11) is 0. The van der Waals surface area contributed by atoms with Crippen molar-refractivity contribution in [1.82, 2.24) is 10.4 Å². The van der Waals surface area contributed by atoms with Crippen LogP contribution in [0.15, 0.2) is 36.4 Å². The van der Waals surface area contributed by atoms with Crippen LogP contribution in [0.3, 0.4) is 0 Å². The van der Waals surface area contributed by atoms with Crippen molar-refractivity contribution in [3.05, 3.63) is 58.7 Å². The number of phenolic OH excluding ortho intramolecular Hbond substituents is 1.